The lowest BCUT2D eigenvalue weighted by Gasteiger charge is -2.22. The Labute approximate surface area is 176 Å². The third-order valence-electron chi connectivity index (χ3n) is 4.43. The van der Waals surface area contributed by atoms with Gasteiger partial charge in [0, 0.05) is 30.1 Å². The molecule has 0 atom stereocenters. The van der Waals surface area contributed by atoms with Gasteiger partial charge in [-0.2, -0.15) is 0 Å². The Morgan fingerprint density at radius 2 is 1.72 bits per heavy atom. The van der Waals surface area contributed by atoms with Gasteiger partial charge in [-0.05, 0) is 47.7 Å². The van der Waals surface area contributed by atoms with Crippen LogP contribution in [0.4, 0.5) is 0 Å². The van der Waals surface area contributed by atoms with Crippen molar-refractivity contribution in [3.05, 3.63) is 88.1 Å². The first-order chi connectivity index (χ1) is 14.0. The molecule has 0 saturated heterocycles. The summed E-state index contributed by atoms with van der Waals surface area (Å²) in [5, 5.41) is 1.90. The largest absolute Gasteiger partial charge is 0.334 e. The number of carbonyl (C=O) groups excluding carboxylic acids is 1. The Morgan fingerprint density at radius 3 is 2.34 bits per heavy atom. The molecule has 0 radical (unpaired) electrons. The smallest absolute Gasteiger partial charge is 0.254 e. The predicted molar refractivity (Wildman–Crippen MR) is 116 cm³/mol. The number of hydrogen-bond donors (Lipinski definition) is 1. The molecule has 0 fully saturated rings. The highest BCUT2D eigenvalue weighted by Crippen LogP contribution is 2.16. The van der Waals surface area contributed by atoms with Gasteiger partial charge in [-0.15, -0.1) is 11.3 Å². The van der Waals surface area contributed by atoms with Crippen molar-refractivity contribution in [2.75, 3.05) is 6.54 Å². The topological polar surface area (TPSA) is 66.5 Å². The first-order valence-corrected chi connectivity index (χ1v) is 11.8. The minimum atomic E-state index is -3.63. The molecule has 1 N–H and O–H groups in total. The lowest BCUT2D eigenvalue weighted by Crippen LogP contribution is -2.31. The fraction of sp³-hybridized carbons (Fsp3) is 0.227. The fourth-order valence-corrected chi connectivity index (χ4v) is 4.69. The molecule has 0 unspecified atom stereocenters. The summed E-state index contributed by atoms with van der Waals surface area (Å²) in [5.41, 5.74) is 1.54. The molecule has 3 rings (SSSR count). The highest BCUT2D eigenvalue weighted by Gasteiger charge is 2.18. The SMILES string of the molecule is CCCN(Cc1ccccc1)C(=O)c1ccc(S(=O)(=O)NCc2cccs2)cc1. The highest BCUT2D eigenvalue weighted by molar-refractivity contribution is 7.89. The van der Waals surface area contributed by atoms with E-state index in [1.54, 1.807) is 17.0 Å². The van der Waals surface area contributed by atoms with E-state index in [0.717, 1.165) is 16.9 Å². The second-order valence-electron chi connectivity index (χ2n) is 6.64. The third kappa shape index (κ3) is 5.76. The van der Waals surface area contributed by atoms with Crippen LogP contribution < -0.4 is 4.72 Å². The lowest BCUT2D eigenvalue weighted by molar-refractivity contribution is 0.0743. The predicted octanol–water partition coefficient (Wildman–Crippen LogP) is 4.28. The van der Waals surface area contributed by atoms with Crippen molar-refractivity contribution >= 4 is 27.3 Å². The quantitative estimate of drug-likeness (QED) is 0.553. The molecule has 29 heavy (non-hydrogen) atoms. The van der Waals surface area contributed by atoms with E-state index >= 15 is 0 Å². The van der Waals surface area contributed by atoms with Crippen LogP contribution in [0.25, 0.3) is 0 Å². The summed E-state index contributed by atoms with van der Waals surface area (Å²) in [6.45, 7) is 3.44. The van der Waals surface area contributed by atoms with Crippen LogP contribution in [0, 0.1) is 0 Å². The van der Waals surface area contributed by atoms with Crippen LogP contribution in [0.15, 0.2) is 77.0 Å². The molecule has 0 aliphatic carbocycles. The van der Waals surface area contributed by atoms with Gasteiger partial charge < -0.3 is 4.90 Å². The van der Waals surface area contributed by atoms with Gasteiger partial charge >= 0.3 is 0 Å². The van der Waals surface area contributed by atoms with Crippen molar-refractivity contribution in [2.45, 2.75) is 31.3 Å². The van der Waals surface area contributed by atoms with Crippen LogP contribution in [-0.2, 0) is 23.1 Å². The van der Waals surface area contributed by atoms with E-state index < -0.39 is 10.0 Å². The Hall–Kier alpha value is -2.48. The molecule has 152 valence electrons. The van der Waals surface area contributed by atoms with Crippen molar-refractivity contribution < 1.29 is 13.2 Å². The molecule has 0 aliphatic rings. The van der Waals surface area contributed by atoms with Gasteiger partial charge in [-0.1, -0.05) is 43.3 Å². The first kappa shape index (κ1) is 21.2. The monoisotopic (exact) mass is 428 g/mol. The van der Waals surface area contributed by atoms with Crippen LogP contribution in [0.2, 0.25) is 0 Å². The molecular weight excluding hydrogens is 404 g/mol. The van der Waals surface area contributed by atoms with Crippen LogP contribution in [-0.4, -0.2) is 25.8 Å². The number of hydrogen-bond acceptors (Lipinski definition) is 4. The van der Waals surface area contributed by atoms with Crippen molar-refractivity contribution in [2.24, 2.45) is 0 Å². The van der Waals surface area contributed by atoms with E-state index in [2.05, 4.69) is 4.72 Å². The lowest BCUT2D eigenvalue weighted by atomic mass is 10.1. The van der Waals surface area contributed by atoms with E-state index in [0.29, 0.717) is 18.7 Å². The molecule has 0 saturated carbocycles. The number of carbonyl (C=O) groups is 1. The summed E-state index contributed by atoms with van der Waals surface area (Å²) in [4.78, 5) is 15.8. The van der Waals surface area contributed by atoms with Gasteiger partial charge in [0.05, 0.1) is 4.90 Å². The van der Waals surface area contributed by atoms with E-state index in [1.807, 2.05) is 54.8 Å². The summed E-state index contributed by atoms with van der Waals surface area (Å²) in [6, 6.07) is 19.7. The zero-order valence-electron chi connectivity index (χ0n) is 16.2. The summed E-state index contributed by atoms with van der Waals surface area (Å²) in [6.07, 6.45) is 0.845. The van der Waals surface area contributed by atoms with Gasteiger partial charge in [0.25, 0.3) is 5.91 Å². The number of amides is 1. The molecule has 0 spiro atoms. The van der Waals surface area contributed by atoms with Gasteiger partial charge in [-0.25, -0.2) is 13.1 Å². The maximum atomic E-state index is 12.9. The Bertz CT molecular complexity index is 1020. The molecule has 1 amide bonds. The first-order valence-electron chi connectivity index (χ1n) is 9.45. The Morgan fingerprint density at radius 1 is 1.00 bits per heavy atom. The zero-order valence-corrected chi connectivity index (χ0v) is 17.9. The number of thiophene rings is 1. The molecule has 0 bridgehead atoms. The molecular formula is C22H24N2O3S2. The Balaban J connectivity index is 1.70. The van der Waals surface area contributed by atoms with Gasteiger partial charge in [-0.3, -0.25) is 4.79 Å². The molecule has 0 aliphatic heterocycles. The number of nitrogens with zero attached hydrogens (tertiary/aromatic N) is 1. The van der Waals surface area contributed by atoms with Crippen LogP contribution in [0.5, 0.6) is 0 Å². The third-order valence-corrected chi connectivity index (χ3v) is 6.72. The average molecular weight is 429 g/mol. The highest BCUT2D eigenvalue weighted by atomic mass is 32.2. The van der Waals surface area contributed by atoms with Gasteiger partial charge in [0.2, 0.25) is 10.0 Å². The normalized spacial score (nSPS) is 11.3. The summed E-state index contributed by atoms with van der Waals surface area (Å²) in [7, 11) is -3.63. The standard InChI is InChI=1S/C22H24N2O3S2/c1-2-14-24(17-18-7-4-3-5-8-18)22(25)19-10-12-21(13-11-19)29(26,27)23-16-20-9-6-15-28-20/h3-13,15,23H,2,14,16-17H2,1H3. The van der Waals surface area contributed by atoms with Crippen molar-refractivity contribution in [3.8, 4) is 0 Å². The summed E-state index contributed by atoms with van der Waals surface area (Å²) >= 11 is 1.50. The van der Waals surface area contributed by atoms with Gasteiger partial charge in [0.15, 0.2) is 0 Å². The second-order valence-corrected chi connectivity index (χ2v) is 9.44. The number of benzene rings is 2. The van der Waals surface area contributed by atoms with Crippen molar-refractivity contribution in [1.82, 2.24) is 9.62 Å². The minimum absolute atomic E-state index is 0.105. The molecule has 2 aromatic carbocycles. The van der Waals surface area contributed by atoms with Crippen molar-refractivity contribution in [3.63, 3.8) is 0 Å². The van der Waals surface area contributed by atoms with Crippen LogP contribution in [0.1, 0.15) is 34.1 Å². The molecule has 1 heterocycles. The van der Waals surface area contributed by atoms with Crippen LogP contribution in [0.3, 0.4) is 0 Å². The summed E-state index contributed by atoms with van der Waals surface area (Å²) < 4.78 is 27.6. The number of nitrogens with one attached hydrogen (secondary N) is 1. The minimum Gasteiger partial charge on any atom is -0.334 e. The van der Waals surface area contributed by atoms with E-state index in [4.69, 9.17) is 0 Å². The maximum Gasteiger partial charge on any atom is 0.254 e. The van der Waals surface area contributed by atoms with E-state index in [9.17, 15) is 13.2 Å². The number of sulfonamides is 1. The second kappa shape index (κ2) is 9.82. The zero-order chi connectivity index (χ0) is 20.7. The van der Waals surface area contributed by atoms with Crippen molar-refractivity contribution in [1.29, 1.82) is 0 Å². The Kier molecular flexibility index (Phi) is 7.19. The molecule has 1 aromatic heterocycles. The van der Waals surface area contributed by atoms with E-state index in [1.165, 1.54) is 23.5 Å². The van der Waals surface area contributed by atoms with Crippen LogP contribution >= 0.6 is 11.3 Å². The maximum absolute atomic E-state index is 12.9. The fourth-order valence-electron chi connectivity index (χ4n) is 2.95. The van der Waals surface area contributed by atoms with Gasteiger partial charge in [0.1, 0.15) is 0 Å². The molecule has 3 aromatic rings. The molecule has 5 nitrogen and oxygen atoms in total. The average Bonchev–Trinajstić information content (AvgIpc) is 3.26. The summed E-state index contributed by atoms with van der Waals surface area (Å²) in [5.74, 6) is -0.105. The number of rotatable bonds is 9. The van der Waals surface area contributed by atoms with E-state index in [-0.39, 0.29) is 17.3 Å². The molecule has 7 heteroatoms.